The predicted octanol–water partition coefficient (Wildman–Crippen LogP) is 1.88. The van der Waals surface area contributed by atoms with Crippen molar-refractivity contribution < 1.29 is 9.90 Å². The molecule has 4 aliphatic carbocycles. The highest BCUT2D eigenvalue weighted by Gasteiger charge is 2.57. The molecule has 0 atom stereocenters. The van der Waals surface area contributed by atoms with Crippen LogP contribution >= 0.6 is 0 Å². The molecule has 2 N–H and O–H groups in total. The zero-order chi connectivity index (χ0) is 11.3. The van der Waals surface area contributed by atoms with E-state index < -0.39 is 5.97 Å². The van der Waals surface area contributed by atoms with Gasteiger partial charge in [0.05, 0.1) is 6.42 Å². The van der Waals surface area contributed by atoms with Crippen LogP contribution in [0.2, 0.25) is 0 Å². The van der Waals surface area contributed by atoms with Crippen LogP contribution < -0.4 is 5.32 Å². The molecule has 0 aromatic heterocycles. The fraction of sp³-hybridized carbons (Fsp3) is 0.923. The molecule has 0 amide bonds. The van der Waals surface area contributed by atoms with Crippen molar-refractivity contribution >= 4 is 5.97 Å². The van der Waals surface area contributed by atoms with E-state index in [9.17, 15) is 4.79 Å². The Morgan fingerprint density at radius 2 is 1.69 bits per heavy atom. The van der Waals surface area contributed by atoms with Crippen LogP contribution in [-0.2, 0) is 4.79 Å². The summed E-state index contributed by atoms with van der Waals surface area (Å²) in [5.41, 5.74) is -0.0841. The summed E-state index contributed by atoms with van der Waals surface area (Å²) in [6, 6.07) is 0. The number of aliphatic carboxylic acids is 1. The molecule has 3 nitrogen and oxygen atoms in total. The second kappa shape index (κ2) is 3.46. The van der Waals surface area contributed by atoms with Crippen LogP contribution in [0.3, 0.4) is 0 Å². The number of hydrogen-bond donors (Lipinski definition) is 2. The molecule has 0 spiro atoms. The van der Waals surface area contributed by atoms with Gasteiger partial charge in [0.2, 0.25) is 0 Å². The van der Waals surface area contributed by atoms with Crippen LogP contribution in [0.1, 0.15) is 38.5 Å². The zero-order valence-corrected chi connectivity index (χ0v) is 9.91. The van der Waals surface area contributed by atoms with Gasteiger partial charge in [0, 0.05) is 5.54 Å². The number of hydrogen-bond acceptors (Lipinski definition) is 2. The molecule has 0 radical (unpaired) electrons. The number of carboxylic acids is 1. The number of carboxylic acid groups (broad SMARTS) is 1. The van der Waals surface area contributed by atoms with Crippen molar-refractivity contribution in [3.63, 3.8) is 0 Å². The standard InChI is InChI=1S/C13H21NO2/c1-14-13(7-12(15)16)10-3-8-2-9(5-10)6-11(13)4-8/h8-11,14H,2-7H2,1H3,(H,15,16). The quantitative estimate of drug-likeness (QED) is 0.768. The van der Waals surface area contributed by atoms with Crippen molar-refractivity contribution in [1.82, 2.24) is 5.32 Å². The lowest BCUT2D eigenvalue weighted by molar-refractivity contribution is -0.145. The van der Waals surface area contributed by atoms with E-state index in [1.807, 2.05) is 7.05 Å². The lowest BCUT2D eigenvalue weighted by atomic mass is 9.48. The molecule has 4 bridgehead atoms. The van der Waals surface area contributed by atoms with E-state index in [-0.39, 0.29) is 5.54 Å². The molecule has 0 aromatic rings. The Bertz CT molecular complexity index is 285. The maximum atomic E-state index is 11.1. The molecule has 0 aliphatic heterocycles. The minimum Gasteiger partial charge on any atom is -0.481 e. The van der Waals surface area contributed by atoms with Crippen LogP contribution in [0.25, 0.3) is 0 Å². The molecule has 4 rings (SSSR count). The van der Waals surface area contributed by atoms with Crippen LogP contribution in [0.5, 0.6) is 0 Å². The van der Waals surface area contributed by atoms with Crippen molar-refractivity contribution in [2.75, 3.05) is 7.05 Å². The van der Waals surface area contributed by atoms with Crippen molar-refractivity contribution in [3.8, 4) is 0 Å². The highest BCUT2D eigenvalue weighted by molar-refractivity contribution is 5.68. The van der Waals surface area contributed by atoms with Crippen molar-refractivity contribution in [2.45, 2.75) is 44.1 Å². The topological polar surface area (TPSA) is 49.3 Å². The van der Waals surface area contributed by atoms with Crippen LogP contribution in [0.15, 0.2) is 0 Å². The summed E-state index contributed by atoms with van der Waals surface area (Å²) in [6.45, 7) is 0. The summed E-state index contributed by atoms with van der Waals surface area (Å²) in [5, 5.41) is 12.6. The minimum atomic E-state index is -0.637. The zero-order valence-electron chi connectivity index (χ0n) is 9.91. The molecular weight excluding hydrogens is 202 g/mol. The Hall–Kier alpha value is -0.570. The molecule has 16 heavy (non-hydrogen) atoms. The number of carbonyl (C=O) groups is 1. The average molecular weight is 223 g/mol. The van der Waals surface area contributed by atoms with E-state index in [0.29, 0.717) is 18.3 Å². The molecule has 90 valence electrons. The maximum Gasteiger partial charge on any atom is 0.305 e. The van der Waals surface area contributed by atoms with Gasteiger partial charge in [-0.2, -0.15) is 0 Å². The molecule has 3 heteroatoms. The molecule has 0 saturated heterocycles. The molecular formula is C13H21NO2. The largest absolute Gasteiger partial charge is 0.481 e. The normalized spacial score (nSPS) is 49.6. The summed E-state index contributed by atoms with van der Waals surface area (Å²) in [5.74, 6) is 2.40. The first-order chi connectivity index (χ1) is 7.64. The molecule has 4 fully saturated rings. The van der Waals surface area contributed by atoms with Gasteiger partial charge < -0.3 is 10.4 Å². The Morgan fingerprint density at radius 3 is 2.06 bits per heavy atom. The Balaban J connectivity index is 1.90. The van der Waals surface area contributed by atoms with Gasteiger partial charge >= 0.3 is 5.97 Å². The lowest BCUT2D eigenvalue weighted by Crippen LogP contribution is -2.64. The van der Waals surface area contributed by atoms with Crippen molar-refractivity contribution in [2.24, 2.45) is 23.7 Å². The van der Waals surface area contributed by atoms with E-state index in [4.69, 9.17) is 5.11 Å². The van der Waals surface area contributed by atoms with Gasteiger partial charge in [-0.15, -0.1) is 0 Å². The third-order valence-electron chi connectivity index (χ3n) is 5.50. The highest BCUT2D eigenvalue weighted by Crippen LogP contribution is 2.59. The fourth-order valence-electron chi connectivity index (χ4n) is 5.06. The summed E-state index contributed by atoms with van der Waals surface area (Å²) < 4.78 is 0. The Kier molecular flexibility index (Phi) is 2.29. The summed E-state index contributed by atoms with van der Waals surface area (Å²) in [6.07, 6.45) is 6.79. The van der Waals surface area contributed by atoms with Gasteiger partial charge in [-0.25, -0.2) is 0 Å². The first-order valence-corrected chi connectivity index (χ1v) is 6.54. The summed E-state index contributed by atoms with van der Waals surface area (Å²) in [4.78, 5) is 11.1. The molecule has 0 heterocycles. The number of nitrogens with one attached hydrogen (secondary N) is 1. The predicted molar refractivity (Wildman–Crippen MR) is 61.1 cm³/mol. The van der Waals surface area contributed by atoms with Gasteiger partial charge in [-0.1, -0.05) is 0 Å². The van der Waals surface area contributed by atoms with Crippen LogP contribution in [0.4, 0.5) is 0 Å². The number of rotatable bonds is 3. The SMILES string of the molecule is CNC1(CC(=O)O)C2CC3CC(C2)CC1C3. The summed E-state index contributed by atoms with van der Waals surface area (Å²) in [7, 11) is 1.96. The van der Waals surface area contributed by atoms with Gasteiger partial charge in [0.15, 0.2) is 0 Å². The van der Waals surface area contributed by atoms with E-state index >= 15 is 0 Å². The van der Waals surface area contributed by atoms with Gasteiger partial charge in [-0.05, 0) is 62.8 Å². The highest BCUT2D eigenvalue weighted by atomic mass is 16.4. The Labute approximate surface area is 96.6 Å². The summed E-state index contributed by atoms with van der Waals surface area (Å²) >= 11 is 0. The second-order valence-corrected chi connectivity index (χ2v) is 6.17. The van der Waals surface area contributed by atoms with Crippen molar-refractivity contribution in [1.29, 1.82) is 0 Å². The fourth-order valence-corrected chi connectivity index (χ4v) is 5.06. The van der Waals surface area contributed by atoms with Gasteiger partial charge in [0.1, 0.15) is 0 Å². The second-order valence-electron chi connectivity index (χ2n) is 6.17. The third-order valence-corrected chi connectivity index (χ3v) is 5.50. The van der Waals surface area contributed by atoms with E-state index in [1.165, 1.54) is 32.1 Å². The first kappa shape index (κ1) is 10.6. The molecule has 4 aliphatic rings. The van der Waals surface area contributed by atoms with E-state index in [2.05, 4.69) is 5.32 Å². The molecule has 0 unspecified atom stereocenters. The maximum absolute atomic E-state index is 11.1. The minimum absolute atomic E-state index is 0.0841. The van der Waals surface area contributed by atoms with E-state index in [1.54, 1.807) is 0 Å². The third kappa shape index (κ3) is 1.33. The monoisotopic (exact) mass is 223 g/mol. The smallest absolute Gasteiger partial charge is 0.305 e. The molecule has 0 aromatic carbocycles. The van der Waals surface area contributed by atoms with Gasteiger partial charge in [0.25, 0.3) is 0 Å². The Morgan fingerprint density at radius 1 is 1.19 bits per heavy atom. The average Bonchev–Trinajstić information content (AvgIpc) is 2.22. The lowest BCUT2D eigenvalue weighted by Gasteiger charge is -2.61. The van der Waals surface area contributed by atoms with Crippen LogP contribution in [0, 0.1) is 23.7 Å². The first-order valence-electron chi connectivity index (χ1n) is 6.54. The van der Waals surface area contributed by atoms with Gasteiger partial charge in [-0.3, -0.25) is 4.79 Å². The van der Waals surface area contributed by atoms with Crippen LogP contribution in [-0.4, -0.2) is 23.7 Å². The molecule has 4 saturated carbocycles. The van der Waals surface area contributed by atoms with Crippen molar-refractivity contribution in [3.05, 3.63) is 0 Å². The van der Waals surface area contributed by atoms with E-state index in [0.717, 1.165) is 11.8 Å².